The number of alkyl halides is 26. The van der Waals surface area contributed by atoms with Gasteiger partial charge >= 0.3 is 71.6 Å². The topological polar surface area (TPSA) is 27.7 Å². The fourth-order valence-electron chi connectivity index (χ4n) is 5.64. The molecule has 67 heavy (non-hydrogen) atoms. The highest BCUT2D eigenvalue weighted by Gasteiger charge is 2.92. The van der Waals surface area contributed by atoms with Crippen molar-refractivity contribution >= 4 is 12.6 Å². The second-order valence-electron chi connectivity index (χ2n) is 15.0. The summed E-state index contributed by atoms with van der Waals surface area (Å²) in [6, 6.07) is 3.15. The van der Waals surface area contributed by atoms with Crippen LogP contribution in [-0.4, -0.2) is 97.2 Å². The van der Waals surface area contributed by atoms with E-state index in [1.807, 2.05) is 0 Å². The van der Waals surface area contributed by atoms with Crippen molar-refractivity contribution < 1.29 is 128 Å². The van der Waals surface area contributed by atoms with Gasteiger partial charge in [0.05, 0.1) is 19.8 Å². The number of unbranched alkanes of at least 4 members (excludes halogenated alkanes) is 9. The van der Waals surface area contributed by atoms with E-state index in [4.69, 9.17) is 14.2 Å². The van der Waals surface area contributed by atoms with Crippen molar-refractivity contribution in [2.45, 2.75) is 168 Å². The largest absolute Gasteiger partial charge is 0.493 e. The molecule has 0 amide bonds. The minimum atomic E-state index is -8.09. The molecule has 0 atom stereocenters. The van der Waals surface area contributed by atoms with Crippen molar-refractivity contribution in [1.29, 1.82) is 0 Å². The van der Waals surface area contributed by atoms with Crippen LogP contribution >= 0.6 is 12.6 Å². The van der Waals surface area contributed by atoms with Crippen molar-refractivity contribution in [1.82, 2.24) is 0 Å². The summed E-state index contributed by atoms with van der Waals surface area (Å²) < 4.78 is 364. The van der Waals surface area contributed by atoms with Crippen molar-refractivity contribution in [3.8, 4) is 11.5 Å². The molecule has 396 valence electrons. The molecule has 1 aromatic rings. The number of benzene rings is 1. The Morgan fingerprint density at radius 3 is 0.955 bits per heavy atom. The second kappa shape index (κ2) is 23.0. The minimum absolute atomic E-state index is 0.103. The van der Waals surface area contributed by atoms with E-state index in [0.29, 0.717) is 6.42 Å². The first kappa shape index (κ1) is 62.3. The maximum atomic E-state index is 14.2. The molecular weight excluding hydrogens is 1020 g/mol. The maximum Gasteiger partial charge on any atom is 0.460 e. The van der Waals surface area contributed by atoms with Gasteiger partial charge < -0.3 is 14.2 Å². The molecule has 0 aliphatic carbocycles. The van der Waals surface area contributed by atoms with E-state index in [-0.39, 0.29) is 30.3 Å². The Morgan fingerprint density at radius 2 is 0.627 bits per heavy atom. The Balaban J connectivity index is 3.08. The third-order valence-corrected chi connectivity index (χ3v) is 10.0. The summed E-state index contributed by atoms with van der Waals surface area (Å²) in [6.45, 7) is -1.88. The van der Waals surface area contributed by atoms with Gasteiger partial charge in [-0.25, -0.2) is 0 Å². The molecule has 0 heterocycles. The van der Waals surface area contributed by atoms with E-state index in [9.17, 15) is 114 Å². The highest BCUT2D eigenvalue weighted by molar-refractivity contribution is 7.80. The lowest BCUT2D eigenvalue weighted by Crippen LogP contribution is -2.70. The first-order valence-electron chi connectivity index (χ1n) is 19.6. The molecule has 0 radical (unpaired) electrons. The summed E-state index contributed by atoms with van der Waals surface area (Å²) in [5, 5.41) is 0. The lowest BCUT2D eigenvalue weighted by atomic mass is 9.92. The van der Waals surface area contributed by atoms with Crippen LogP contribution in [0.2, 0.25) is 0 Å². The molecule has 0 saturated carbocycles. The molecule has 1 rings (SSSR count). The summed E-state index contributed by atoms with van der Waals surface area (Å²) in [5.41, 5.74) is 0.103. The molecule has 0 bridgehead atoms. The highest BCUT2D eigenvalue weighted by atomic mass is 32.1. The molecule has 0 saturated heterocycles. The number of thiol groups is 1. The number of hydrogen-bond donors (Lipinski definition) is 1. The van der Waals surface area contributed by atoms with E-state index in [0.717, 1.165) is 68.9 Å². The fraction of sp³-hybridized carbons (Fsp3) is 0.838. The summed E-state index contributed by atoms with van der Waals surface area (Å²) in [5.74, 6) is -75.6. The first-order chi connectivity index (χ1) is 30.1. The lowest BCUT2D eigenvalue weighted by Gasteiger charge is -2.39. The molecule has 0 aromatic heterocycles. The van der Waals surface area contributed by atoms with Gasteiger partial charge in [-0.3, -0.25) is 0 Å². The quantitative estimate of drug-likeness (QED) is 0.0443. The molecular formula is C37H42F26O3S. The Bertz CT molecular complexity index is 1540. The molecule has 3 nitrogen and oxygen atoms in total. The summed E-state index contributed by atoms with van der Waals surface area (Å²) in [7, 11) is 0. The monoisotopic (exact) mass is 1060 g/mol. The number of rotatable bonds is 32. The number of ether oxygens (including phenoxy) is 3. The van der Waals surface area contributed by atoms with Crippen LogP contribution in [0.5, 0.6) is 11.5 Å². The number of halogens is 26. The van der Waals surface area contributed by atoms with Crippen molar-refractivity contribution in [2.75, 3.05) is 25.6 Å². The zero-order valence-corrected chi connectivity index (χ0v) is 35.1. The van der Waals surface area contributed by atoms with Gasteiger partial charge in [0.2, 0.25) is 0 Å². The van der Waals surface area contributed by atoms with Crippen LogP contribution in [0.25, 0.3) is 0 Å². The molecule has 0 unspecified atom stereocenters. The summed E-state index contributed by atoms with van der Waals surface area (Å²) in [4.78, 5) is 0. The van der Waals surface area contributed by atoms with E-state index in [2.05, 4.69) is 12.6 Å². The SMILES string of the molecule is FC(F)(F)C(F)(F)C(F)(F)C(F)(F)C(F)(F)C(F)(F)CCCCOc1cc(COCCCCCCCCCCS)cc(OCCCCC(F)(F)C(F)(F)C(F)(F)C(F)(F)C(F)(F)C(F)(F)F)c1. The standard InChI is InChI=1S/C37H42F26O3S/c38-26(39,28(42,43)30(46,47)32(50,51)34(54,55)36(58,59)60)13-7-10-16-65-24-19-23(22-64-15-9-5-3-1-2-4-6-12-18-67)20-25(21-24)66-17-11-8-14-27(40,41)29(44,45)31(48,49)33(52,53)35(56,57)37(61,62)63/h19-21,67H,1-18,22H2. The molecule has 0 N–H and O–H groups in total. The minimum Gasteiger partial charge on any atom is -0.493 e. The number of hydrogen-bond acceptors (Lipinski definition) is 4. The third-order valence-electron chi connectivity index (χ3n) is 9.71. The van der Waals surface area contributed by atoms with Crippen molar-refractivity contribution in [2.24, 2.45) is 0 Å². The van der Waals surface area contributed by atoms with Gasteiger partial charge in [0.15, 0.2) is 0 Å². The molecule has 30 heteroatoms. The Kier molecular flexibility index (Phi) is 21.4. The van der Waals surface area contributed by atoms with Crippen LogP contribution in [0.15, 0.2) is 18.2 Å². The molecule has 0 aliphatic rings. The smallest absolute Gasteiger partial charge is 0.460 e. The van der Waals surface area contributed by atoms with E-state index in [1.54, 1.807) is 0 Å². The predicted molar refractivity (Wildman–Crippen MR) is 187 cm³/mol. The maximum absolute atomic E-state index is 14.2. The van der Waals surface area contributed by atoms with Crippen LogP contribution in [0.1, 0.15) is 95.5 Å². The first-order valence-corrected chi connectivity index (χ1v) is 20.2. The molecule has 1 aromatic carbocycles. The molecule has 0 spiro atoms. The third kappa shape index (κ3) is 14.0. The van der Waals surface area contributed by atoms with E-state index < -0.39 is 123 Å². The fourth-order valence-corrected chi connectivity index (χ4v) is 5.87. The van der Waals surface area contributed by atoms with Gasteiger partial charge in [0.25, 0.3) is 0 Å². The van der Waals surface area contributed by atoms with Crippen LogP contribution in [0.4, 0.5) is 114 Å². The van der Waals surface area contributed by atoms with Crippen LogP contribution in [0, 0.1) is 0 Å². The molecule has 0 aliphatic heterocycles. The van der Waals surface area contributed by atoms with Crippen LogP contribution < -0.4 is 9.47 Å². The normalized spacial score (nSPS) is 14.8. The lowest BCUT2D eigenvalue weighted by molar-refractivity contribution is -0.440. The average molecular weight is 1060 g/mol. The zero-order chi connectivity index (χ0) is 52.4. The highest BCUT2D eigenvalue weighted by Crippen LogP contribution is 2.62. The predicted octanol–water partition coefficient (Wildman–Crippen LogP) is 15.8. The van der Waals surface area contributed by atoms with Crippen LogP contribution in [0.3, 0.4) is 0 Å². The van der Waals surface area contributed by atoms with Gasteiger partial charge in [0, 0.05) is 25.5 Å². The van der Waals surface area contributed by atoms with Gasteiger partial charge in [-0.2, -0.15) is 127 Å². The average Bonchev–Trinajstić information content (AvgIpc) is 3.18. The van der Waals surface area contributed by atoms with Crippen molar-refractivity contribution in [3.63, 3.8) is 0 Å². The Hall–Kier alpha value is -2.69. The van der Waals surface area contributed by atoms with Crippen LogP contribution in [-0.2, 0) is 11.3 Å². The second-order valence-corrected chi connectivity index (χ2v) is 15.5. The van der Waals surface area contributed by atoms with Gasteiger partial charge in [-0.15, -0.1) is 0 Å². The Morgan fingerprint density at radius 1 is 0.328 bits per heavy atom. The summed E-state index contributed by atoms with van der Waals surface area (Å²) in [6.07, 6.45) is -17.8. The van der Waals surface area contributed by atoms with E-state index >= 15 is 0 Å². The Labute approximate surface area is 370 Å². The van der Waals surface area contributed by atoms with E-state index in [1.165, 1.54) is 0 Å². The van der Waals surface area contributed by atoms with Gasteiger partial charge in [-0.05, 0) is 62.0 Å². The van der Waals surface area contributed by atoms with Gasteiger partial charge in [0.1, 0.15) is 11.5 Å². The zero-order valence-electron chi connectivity index (χ0n) is 34.2. The van der Waals surface area contributed by atoms with Crippen molar-refractivity contribution in [3.05, 3.63) is 23.8 Å². The van der Waals surface area contributed by atoms with Gasteiger partial charge in [-0.1, -0.05) is 38.5 Å². The summed E-state index contributed by atoms with van der Waals surface area (Å²) >= 11 is 4.11. The molecule has 0 fully saturated rings.